The number of esters is 1. The number of piperazine rings is 1. The lowest BCUT2D eigenvalue weighted by Crippen LogP contribution is -2.53. The third-order valence-electron chi connectivity index (χ3n) is 6.31. The summed E-state index contributed by atoms with van der Waals surface area (Å²) in [6.07, 6.45) is 3.78. The molecular formula is C25H35N5O6S. The second-order valence-electron chi connectivity index (χ2n) is 10.9. The molecule has 0 radical (unpaired) electrons. The quantitative estimate of drug-likeness (QED) is 0.561. The number of pyridine rings is 1. The van der Waals surface area contributed by atoms with Gasteiger partial charge in [-0.25, -0.2) is 27.7 Å². The number of anilines is 1. The topological polar surface area (TPSA) is 123 Å². The highest BCUT2D eigenvalue weighted by atomic mass is 32.2. The Morgan fingerprint density at radius 1 is 1.30 bits per heavy atom. The lowest BCUT2D eigenvalue weighted by atomic mass is 10.1. The summed E-state index contributed by atoms with van der Waals surface area (Å²) in [5.41, 5.74) is 0.372. The number of imidazole rings is 1. The molecular weight excluding hydrogens is 498 g/mol. The monoisotopic (exact) mass is 533 g/mol. The number of amides is 1. The number of nitrogens with zero attached hydrogens (tertiary/aromatic N) is 4. The Labute approximate surface area is 217 Å². The van der Waals surface area contributed by atoms with Gasteiger partial charge in [0.2, 0.25) is 10.0 Å². The fraction of sp³-hybridized carbons (Fsp3) is 0.560. The molecule has 1 atom stereocenters. The Balaban J connectivity index is 1.75. The van der Waals surface area contributed by atoms with Gasteiger partial charge in [-0.3, -0.25) is 9.30 Å². The number of hydrogen-bond donors (Lipinski definition) is 1. The van der Waals surface area contributed by atoms with Gasteiger partial charge in [-0.1, -0.05) is 6.58 Å². The third-order valence-corrected chi connectivity index (χ3v) is 7.91. The van der Waals surface area contributed by atoms with Crippen LogP contribution >= 0.6 is 0 Å². The summed E-state index contributed by atoms with van der Waals surface area (Å²) < 4.78 is 41.6. The number of ether oxygens (including phenoxy) is 2. The molecule has 11 nitrogen and oxygen atoms in total. The van der Waals surface area contributed by atoms with Crippen LogP contribution in [0, 0.1) is 0 Å². The van der Waals surface area contributed by atoms with E-state index >= 15 is 0 Å². The van der Waals surface area contributed by atoms with Crippen LogP contribution in [0.4, 0.5) is 10.5 Å². The van der Waals surface area contributed by atoms with Crippen LogP contribution in [0.15, 0.2) is 35.6 Å². The average molecular weight is 534 g/mol. The second kappa shape index (κ2) is 9.32. The zero-order valence-corrected chi connectivity index (χ0v) is 23.0. The number of fused-ring (bicyclic) bond motifs is 1. The van der Waals surface area contributed by atoms with E-state index in [9.17, 15) is 18.0 Å². The van der Waals surface area contributed by atoms with Crippen LogP contribution in [0.5, 0.6) is 0 Å². The zero-order chi connectivity index (χ0) is 27.3. The molecule has 1 amide bonds. The summed E-state index contributed by atoms with van der Waals surface area (Å²) in [5, 5.41) is 0. The van der Waals surface area contributed by atoms with Crippen molar-refractivity contribution < 1.29 is 27.5 Å². The number of aromatic nitrogens is 2. The van der Waals surface area contributed by atoms with Crippen LogP contribution in [0.2, 0.25) is 0 Å². The molecule has 0 unspecified atom stereocenters. The molecule has 0 bridgehead atoms. The van der Waals surface area contributed by atoms with Gasteiger partial charge >= 0.3 is 12.1 Å². The SMILES string of the molecule is C=C1CN(c2cc(S(=O)(=O)NC3(C)CC3)cn3c(C(=O)OCC)cnc23)C[C@H](C)N1C(=O)OC(C)(C)C. The van der Waals surface area contributed by atoms with Crippen molar-refractivity contribution in [2.24, 2.45) is 0 Å². The van der Waals surface area contributed by atoms with Gasteiger partial charge < -0.3 is 14.4 Å². The van der Waals surface area contributed by atoms with Crippen molar-refractivity contribution in [3.8, 4) is 0 Å². The first-order valence-electron chi connectivity index (χ1n) is 12.3. The summed E-state index contributed by atoms with van der Waals surface area (Å²) in [6, 6.07) is 1.23. The maximum Gasteiger partial charge on any atom is 0.414 e. The van der Waals surface area contributed by atoms with Gasteiger partial charge in [-0.15, -0.1) is 0 Å². The molecule has 12 heteroatoms. The number of carbonyl (C=O) groups is 2. The minimum absolute atomic E-state index is 0.000453. The van der Waals surface area contributed by atoms with Crippen LogP contribution in [0.3, 0.4) is 0 Å². The maximum atomic E-state index is 13.3. The number of hydrogen-bond acceptors (Lipinski definition) is 8. The Morgan fingerprint density at radius 3 is 2.54 bits per heavy atom. The molecule has 1 saturated heterocycles. The number of nitrogens with one attached hydrogen (secondary N) is 1. The van der Waals surface area contributed by atoms with Gasteiger partial charge in [-0.05, 0) is 60.5 Å². The van der Waals surface area contributed by atoms with E-state index < -0.39 is 33.2 Å². The van der Waals surface area contributed by atoms with E-state index in [1.54, 1.807) is 33.8 Å². The van der Waals surface area contributed by atoms with Gasteiger partial charge in [0.15, 0.2) is 11.3 Å². The second-order valence-corrected chi connectivity index (χ2v) is 12.6. The molecule has 0 spiro atoms. The number of carbonyl (C=O) groups excluding carboxylic acids is 2. The summed E-state index contributed by atoms with van der Waals surface area (Å²) in [6.45, 7) is 15.7. The first-order valence-corrected chi connectivity index (χ1v) is 13.8. The molecule has 202 valence electrons. The Bertz CT molecular complexity index is 1360. The number of sulfonamides is 1. The van der Waals surface area contributed by atoms with E-state index in [0.717, 1.165) is 12.8 Å². The Kier molecular flexibility index (Phi) is 6.78. The lowest BCUT2D eigenvalue weighted by molar-refractivity contribution is 0.0238. The molecule has 1 aliphatic carbocycles. The van der Waals surface area contributed by atoms with Crippen molar-refractivity contribution in [2.45, 2.75) is 76.5 Å². The van der Waals surface area contributed by atoms with E-state index in [0.29, 0.717) is 23.6 Å². The first-order chi connectivity index (χ1) is 17.1. The lowest BCUT2D eigenvalue weighted by Gasteiger charge is -2.42. The third kappa shape index (κ3) is 5.59. The molecule has 2 aliphatic rings. The van der Waals surface area contributed by atoms with Crippen molar-refractivity contribution in [1.82, 2.24) is 19.0 Å². The maximum absolute atomic E-state index is 13.3. The Hall–Kier alpha value is -3.12. The van der Waals surface area contributed by atoms with E-state index in [-0.39, 0.29) is 29.8 Å². The molecule has 2 aromatic rings. The molecule has 1 saturated carbocycles. The molecule has 1 N–H and O–H groups in total. The van der Waals surface area contributed by atoms with Crippen molar-refractivity contribution in [1.29, 1.82) is 0 Å². The molecule has 2 aromatic heterocycles. The van der Waals surface area contributed by atoms with Gasteiger partial charge in [0.25, 0.3) is 0 Å². The molecule has 3 heterocycles. The summed E-state index contributed by atoms with van der Waals surface area (Å²) in [4.78, 5) is 33.3. The van der Waals surface area contributed by atoms with Crippen molar-refractivity contribution >= 4 is 33.4 Å². The van der Waals surface area contributed by atoms with Crippen LogP contribution in [0.25, 0.3) is 5.65 Å². The van der Waals surface area contributed by atoms with Crippen molar-refractivity contribution in [3.05, 3.63) is 36.4 Å². The Morgan fingerprint density at radius 2 is 1.97 bits per heavy atom. The zero-order valence-electron chi connectivity index (χ0n) is 22.2. The minimum Gasteiger partial charge on any atom is -0.461 e. The van der Waals surface area contributed by atoms with Gasteiger partial charge in [0.05, 0.1) is 31.1 Å². The van der Waals surface area contributed by atoms with E-state index in [4.69, 9.17) is 9.47 Å². The van der Waals surface area contributed by atoms with Crippen LogP contribution in [0.1, 0.15) is 64.9 Å². The summed E-state index contributed by atoms with van der Waals surface area (Å²) in [7, 11) is -3.90. The largest absolute Gasteiger partial charge is 0.461 e. The first kappa shape index (κ1) is 26.9. The normalized spacial score (nSPS) is 19.7. The summed E-state index contributed by atoms with van der Waals surface area (Å²) in [5.74, 6) is -0.606. The van der Waals surface area contributed by atoms with Crippen LogP contribution < -0.4 is 9.62 Å². The molecule has 37 heavy (non-hydrogen) atoms. The predicted octanol–water partition coefficient (Wildman–Crippen LogP) is 3.30. The van der Waals surface area contributed by atoms with Crippen molar-refractivity contribution in [2.75, 3.05) is 24.6 Å². The highest BCUT2D eigenvalue weighted by molar-refractivity contribution is 7.89. The van der Waals surface area contributed by atoms with Crippen LogP contribution in [-0.2, 0) is 19.5 Å². The van der Waals surface area contributed by atoms with Gasteiger partial charge in [-0.2, -0.15) is 0 Å². The highest BCUT2D eigenvalue weighted by Crippen LogP contribution is 2.37. The van der Waals surface area contributed by atoms with E-state index in [1.807, 2.05) is 18.7 Å². The van der Waals surface area contributed by atoms with Crippen LogP contribution in [-0.4, -0.2) is 71.6 Å². The fourth-order valence-corrected chi connectivity index (χ4v) is 5.81. The highest BCUT2D eigenvalue weighted by Gasteiger charge is 2.42. The standard InChI is InChI=1S/C25H35N5O6S/c1-8-35-22(31)20-12-26-21-19(11-18(15-29(20)21)37(33,34)27-25(7)9-10-25)28-13-16(2)30(17(3)14-28)23(32)36-24(4,5)6/h11-12,15,17,27H,2,8-10,13-14H2,1,3-7H3/t17-/m0/s1. The van der Waals surface area contributed by atoms with Crippen molar-refractivity contribution in [3.63, 3.8) is 0 Å². The molecule has 0 aromatic carbocycles. The smallest absolute Gasteiger partial charge is 0.414 e. The molecule has 1 aliphatic heterocycles. The van der Waals surface area contributed by atoms with E-state index in [2.05, 4.69) is 16.3 Å². The fourth-order valence-electron chi connectivity index (χ4n) is 4.33. The van der Waals surface area contributed by atoms with Gasteiger partial charge in [0.1, 0.15) is 10.5 Å². The molecule has 2 fully saturated rings. The van der Waals surface area contributed by atoms with E-state index in [1.165, 1.54) is 21.7 Å². The van der Waals surface area contributed by atoms with Gasteiger partial charge in [0, 0.05) is 24.0 Å². The summed E-state index contributed by atoms with van der Waals surface area (Å²) >= 11 is 0. The molecule has 4 rings (SSSR count). The average Bonchev–Trinajstić information content (AvgIpc) is 3.31. The minimum atomic E-state index is -3.90. The predicted molar refractivity (Wildman–Crippen MR) is 138 cm³/mol. The number of rotatable bonds is 6.